The Labute approximate surface area is 155 Å². The molecule has 2 aromatic rings. The fourth-order valence-electron chi connectivity index (χ4n) is 4.11. The van der Waals surface area contributed by atoms with Gasteiger partial charge in [-0.15, -0.1) is 12.4 Å². The van der Waals surface area contributed by atoms with Crippen molar-refractivity contribution in [1.29, 1.82) is 0 Å². The van der Waals surface area contributed by atoms with Crippen LogP contribution in [0, 0.1) is 12.8 Å². The predicted molar refractivity (Wildman–Crippen MR) is 103 cm³/mol. The minimum atomic E-state index is 0. The van der Waals surface area contributed by atoms with Gasteiger partial charge in [0.15, 0.2) is 0 Å². The Morgan fingerprint density at radius 1 is 1.00 bits per heavy atom. The first-order valence-electron chi connectivity index (χ1n) is 8.80. The molecule has 0 aromatic heterocycles. The normalized spacial score (nSPS) is 27.7. The van der Waals surface area contributed by atoms with E-state index in [4.69, 9.17) is 5.73 Å². The second-order valence-corrected chi connectivity index (χ2v) is 7.23. The lowest BCUT2D eigenvalue weighted by Crippen LogP contribution is -2.33. The number of likely N-dealkylation sites (tertiary alicyclic amines) is 1. The van der Waals surface area contributed by atoms with E-state index < -0.39 is 0 Å². The van der Waals surface area contributed by atoms with Crippen LogP contribution in [0.15, 0.2) is 54.6 Å². The number of benzene rings is 2. The summed E-state index contributed by atoms with van der Waals surface area (Å²) >= 11 is 0. The molecule has 0 radical (unpaired) electrons. The van der Waals surface area contributed by atoms with Crippen molar-refractivity contribution < 1.29 is 4.79 Å². The third-order valence-corrected chi connectivity index (χ3v) is 5.60. The van der Waals surface area contributed by atoms with Gasteiger partial charge < -0.3 is 10.6 Å². The van der Waals surface area contributed by atoms with Gasteiger partial charge in [0.25, 0.3) is 0 Å². The second kappa shape index (κ2) is 7.19. The van der Waals surface area contributed by atoms with Crippen molar-refractivity contribution in [2.75, 3.05) is 13.1 Å². The summed E-state index contributed by atoms with van der Waals surface area (Å²) in [5, 5.41) is 0. The van der Waals surface area contributed by atoms with Crippen molar-refractivity contribution in [2.45, 2.75) is 31.2 Å². The van der Waals surface area contributed by atoms with Gasteiger partial charge in [0, 0.05) is 31.0 Å². The molecule has 4 atom stereocenters. The summed E-state index contributed by atoms with van der Waals surface area (Å²) in [5.74, 6) is 1.08. The van der Waals surface area contributed by atoms with Crippen molar-refractivity contribution in [1.82, 2.24) is 4.90 Å². The van der Waals surface area contributed by atoms with Gasteiger partial charge in [0.1, 0.15) is 0 Å². The molecule has 4 heteroatoms. The average Bonchev–Trinajstić information content (AvgIpc) is 3.30. The molecule has 2 unspecified atom stereocenters. The number of hydrogen-bond donors (Lipinski definition) is 1. The molecule has 4 rings (SSSR count). The maximum atomic E-state index is 12.9. The smallest absolute Gasteiger partial charge is 0.226 e. The van der Waals surface area contributed by atoms with Gasteiger partial charge in [-0.1, -0.05) is 54.6 Å². The highest BCUT2D eigenvalue weighted by molar-refractivity contribution is 5.85. The van der Waals surface area contributed by atoms with E-state index in [0.717, 1.165) is 13.0 Å². The van der Waals surface area contributed by atoms with Crippen LogP contribution >= 0.6 is 12.4 Å². The quantitative estimate of drug-likeness (QED) is 0.915. The van der Waals surface area contributed by atoms with Crippen molar-refractivity contribution in [2.24, 2.45) is 11.7 Å². The number of hydrogen-bond acceptors (Lipinski definition) is 2. The van der Waals surface area contributed by atoms with E-state index in [2.05, 4.69) is 43.3 Å². The number of carbonyl (C=O) groups is 1. The zero-order valence-corrected chi connectivity index (χ0v) is 15.3. The Morgan fingerprint density at radius 2 is 1.68 bits per heavy atom. The van der Waals surface area contributed by atoms with Crippen LogP contribution in [-0.2, 0) is 4.79 Å². The van der Waals surface area contributed by atoms with Crippen LogP contribution < -0.4 is 5.73 Å². The van der Waals surface area contributed by atoms with Crippen LogP contribution in [0.2, 0.25) is 0 Å². The molecule has 1 saturated carbocycles. The Bertz CT molecular complexity index is 749. The Balaban J connectivity index is 0.00000182. The first-order chi connectivity index (χ1) is 11.6. The van der Waals surface area contributed by atoms with Crippen LogP contribution in [-0.4, -0.2) is 29.9 Å². The fourth-order valence-corrected chi connectivity index (χ4v) is 4.11. The Kier molecular flexibility index (Phi) is 5.16. The molecule has 2 N–H and O–H groups in total. The average molecular weight is 357 g/mol. The third kappa shape index (κ3) is 3.44. The first-order valence-corrected chi connectivity index (χ1v) is 8.80. The van der Waals surface area contributed by atoms with Crippen LogP contribution in [0.5, 0.6) is 0 Å². The minimum absolute atomic E-state index is 0. The van der Waals surface area contributed by atoms with Crippen molar-refractivity contribution in [3.8, 4) is 0 Å². The highest BCUT2D eigenvalue weighted by atomic mass is 35.5. The highest BCUT2D eigenvalue weighted by Gasteiger charge is 2.48. The van der Waals surface area contributed by atoms with E-state index in [1.807, 2.05) is 23.1 Å². The topological polar surface area (TPSA) is 46.3 Å². The Morgan fingerprint density at radius 3 is 2.40 bits per heavy atom. The lowest BCUT2D eigenvalue weighted by molar-refractivity contribution is -0.131. The molecule has 25 heavy (non-hydrogen) atoms. The minimum Gasteiger partial charge on any atom is -0.340 e. The molecule has 1 aliphatic heterocycles. The van der Waals surface area contributed by atoms with Crippen LogP contribution in [0.4, 0.5) is 0 Å². The van der Waals surface area contributed by atoms with Gasteiger partial charge in [-0.05, 0) is 36.0 Å². The molecule has 0 bridgehead atoms. The van der Waals surface area contributed by atoms with Gasteiger partial charge in [0.05, 0.1) is 0 Å². The Hall–Kier alpha value is -1.84. The van der Waals surface area contributed by atoms with E-state index in [1.54, 1.807) is 0 Å². The summed E-state index contributed by atoms with van der Waals surface area (Å²) in [7, 11) is 0. The molecule has 1 heterocycles. The maximum Gasteiger partial charge on any atom is 0.226 e. The molecular formula is C21H25ClN2O. The molecule has 1 amide bonds. The van der Waals surface area contributed by atoms with E-state index in [0.29, 0.717) is 12.5 Å². The number of carbonyl (C=O) groups excluding carboxylic acids is 1. The van der Waals surface area contributed by atoms with Gasteiger partial charge in [0.2, 0.25) is 5.91 Å². The molecule has 1 saturated heterocycles. The zero-order valence-electron chi connectivity index (χ0n) is 14.5. The summed E-state index contributed by atoms with van der Waals surface area (Å²) in [6.45, 7) is 3.56. The van der Waals surface area contributed by atoms with Gasteiger partial charge >= 0.3 is 0 Å². The number of amides is 1. The lowest BCUT2D eigenvalue weighted by Gasteiger charge is -2.17. The monoisotopic (exact) mass is 356 g/mol. The molecule has 2 aromatic carbocycles. The number of aryl methyl sites for hydroxylation is 1. The van der Waals surface area contributed by atoms with E-state index in [-0.39, 0.29) is 36.2 Å². The number of halogens is 1. The molecule has 2 aliphatic rings. The molecule has 3 nitrogen and oxygen atoms in total. The zero-order chi connectivity index (χ0) is 16.7. The van der Waals surface area contributed by atoms with Gasteiger partial charge in [-0.3, -0.25) is 4.79 Å². The van der Waals surface area contributed by atoms with Crippen molar-refractivity contribution >= 4 is 18.3 Å². The third-order valence-electron chi connectivity index (χ3n) is 5.60. The lowest BCUT2D eigenvalue weighted by atomic mass is 9.95. The fraction of sp³-hybridized carbons (Fsp3) is 0.381. The van der Waals surface area contributed by atoms with E-state index in [1.165, 1.54) is 16.7 Å². The van der Waals surface area contributed by atoms with Crippen LogP contribution in [0.1, 0.15) is 34.9 Å². The van der Waals surface area contributed by atoms with E-state index >= 15 is 0 Å². The number of nitrogens with zero attached hydrogens (tertiary/aromatic N) is 1. The molecule has 132 valence electrons. The van der Waals surface area contributed by atoms with Crippen molar-refractivity contribution in [3.05, 3.63) is 71.3 Å². The van der Waals surface area contributed by atoms with Crippen LogP contribution in [0.25, 0.3) is 0 Å². The molecule has 2 fully saturated rings. The summed E-state index contributed by atoms with van der Waals surface area (Å²) in [4.78, 5) is 14.9. The largest absolute Gasteiger partial charge is 0.340 e. The number of rotatable bonds is 3. The standard InChI is InChI=1S/C21H24N2O.ClH/c1-14-7-5-6-10-16(14)17-11-18(17)21(24)23-12-19(20(22)13-23)15-8-3-2-4-9-15;/h2-10,17-20H,11-13,22H2,1H3;1H/t17?,18?,19-,20+;/m0./s1. The summed E-state index contributed by atoms with van der Waals surface area (Å²) < 4.78 is 0. The predicted octanol–water partition coefficient (Wildman–Crippen LogP) is 3.47. The highest BCUT2D eigenvalue weighted by Crippen LogP contribution is 2.50. The summed E-state index contributed by atoms with van der Waals surface area (Å²) in [5.41, 5.74) is 10.2. The SMILES string of the molecule is Cc1ccccc1C1CC1C(=O)N1C[C@@H](N)[C@H](c2ccccc2)C1.Cl. The molecule has 0 spiro atoms. The summed E-state index contributed by atoms with van der Waals surface area (Å²) in [6.07, 6.45) is 0.978. The van der Waals surface area contributed by atoms with Crippen molar-refractivity contribution in [3.63, 3.8) is 0 Å². The van der Waals surface area contributed by atoms with Crippen LogP contribution in [0.3, 0.4) is 0 Å². The number of nitrogens with two attached hydrogens (primary N) is 1. The summed E-state index contributed by atoms with van der Waals surface area (Å²) in [6, 6.07) is 18.8. The molecule has 1 aliphatic carbocycles. The van der Waals surface area contributed by atoms with E-state index in [9.17, 15) is 4.79 Å². The van der Waals surface area contributed by atoms with Gasteiger partial charge in [-0.25, -0.2) is 0 Å². The maximum absolute atomic E-state index is 12.9. The van der Waals surface area contributed by atoms with Gasteiger partial charge in [-0.2, -0.15) is 0 Å². The molecular weight excluding hydrogens is 332 g/mol. The second-order valence-electron chi connectivity index (χ2n) is 7.23. The first kappa shape index (κ1) is 18.0.